The van der Waals surface area contributed by atoms with Gasteiger partial charge < -0.3 is 14.7 Å². The monoisotopic (exact) mass is 556 g/mol. The summed E-state index contributed by atoms with van der Waals surface area (Å²) in [5, 5.41) is 4.77. The highest BCUT2D eigenvalue weighted by Gasteiger charge is 2.17. The summed E-state index contributed by atoms with van der Waals surface area (Å²) in [6.45, 7) is -0.0595. The van der Waals surface area contributed by atoms with Crippen molar-refractivity contribution in [2.75, 3.05) is 0 Å². The lowest BCUT2D eigenvalue weighted by Crippen LogP contribution is -2.24. The summed E-state index contributed by atoms with van der Waals surface area (Å²) in [7, 11) is 0. The number of para-hydroxylation sites is 3. The smallest absolute Gasteiger partial charge is 0.273 e. The third kappa shape index (κ3) is 5.08. The zero-order valence-electron chi connectivity index (χ0n) is 22.5. The maximum absolute atomic E-state index is 13.9. The number of hydrogen-bond acceptors (Lipinski definition) is 6. The molecule has 0 atom stereocenters. The highest BCUT2D eigenvalue weighted by Crippen LogP contribution is 2.30. The average Bonchev–Trinajstić information content (AvgIpc) is 3.67. The number of rotatable bonds is 8. The summed E-state index contributed by atoms with van der Waals surface area (Å²) in [5.74, 6) is 0.294. The van der Waals surface area contributed by atoms with Gasteiger partial charge in [0.1, 0.15) is 17.9 Å². The molecule has 0 saturated heterocycles. The van der Waals surface area contributed by atoms with Gasteiger partial charge in [0, 0.05) is 29.0 Å². The number of aromatic amines is 1. The van der Waals surface area contributed by atoms with E-state index in [1.807, 2.05) is 54.6 Å². The number of H-pyrrole nitrogens is 1. The molecule has 7 aromatic rings. The Kier molecular flexibility index (Phi) is 6.59. The topological polar surface area (TPSA) is 110 Å². The highest BCUT2D eigenvalue weighted by atomic mass is 19.1. The minimum atomic E-state index is -0.484. The SMILES string of the molecule is O=C(NCc1ncccc1F)c1coc(-c2cc(CCCc3nc4ccccc4[nH]3)c3cc4ccccc4nc3c2)n1. The molecule has 0 saturated carbocycles. The van der Waals surface area contributed by atoms with Crippen molar-refractivity contribution in [1.82, 2.24) is 30.2 Å². The Morgan fingerprint density at radius 3 is 2.62 bits per heavy atom. The molecular weight excluding hydrogens is 531 g/mol. The number of halogens is 1. The molecule has 1 amide bonds. The molecule has 0 aliphatic rings. The van der Waals surface area contributed by atoms with E-state index >= 15 is 0 Å². The number of carbonyl (C=O) groups is 1. The van der Waals surface area contributed by atoms with Gasteiger partial charge in [-0.2, -0.15) is 0 Å². The van der Waals surface area contributed by atoms with Crippen LogP contribution in [0.1, 0.15) is 34.0 Å². The lowest BCUT2D eigenvalue weighted by Gasteiger charge is -2.10. The average molecular weight is 557 g/mol. The van der Waals surface area contributed by atoms with Crippen molar-refractivity contribution in [2.45, 2.75) is 25.8 Å². The van der Waals surface area contributed by atoms with Crippen LogP contribution in [0, 0.1) is 5.82 Å². The number of amides is 1. The van der Waals surface area contributed by atoms with Crippen LogP contribution in [-0.4, -0.2) is 30.8 Å². The number of carbonyl (C=O) groups excluding carboxylic acids is 1. The second kappa shape index (κ2) is 10.9. The van der Waals surface area contributed by atoms with Crippen LogP contribution in [0.5, 0.6) is 0 Å². The van der Waals surface area contributed by atoms with Crippen molar-refractivity contribution in [2.24, 2.45) is 0 Å². The van der Waals surface area contributed by atoms with Gasteiger partial charge in [-0.05, 0) is 66.9 Å². The maximum atomic E-state index is 13.9. The summed E-state index contributed by atoms with van der Waals surface area (Å²) < 4.78 is 19.6. The number of oxazole rings is 1. The van der Waals surface area contributed by atoms with E-state index in [-0.39, 0.29) is 17.9 Å². The standard InChI is InChI=1S/C33H25FN6O2/c34-24-9-6-14-35-29(24)18-36-32(41)30-19-42-33(40-30)22-15-20(8-5-13-31-38-26-11-3-4-12-27(26)39-31)23-16-21-7-1-2-10-25(21)37-28(23)17-22/h1-4,6-7,9-12,14-17,19H,5,8,13,18H2,(H,36,41)(H,38,39). The van der Waals surface area contributed by atoms with Gasteiger partial charge in [0.2, 0.25) is 5.89 Å². The Hall–Kier alpha value is -5.44. The van der Waals surface area contributed by atoms with Crippen molar-refractivity contribution in [1.29, 1.82) is 0 Å². The summed E-state index contributed by atoms with van der Waals surface area (Å²) in [5.41, 5.74) is 5.78. The summed E-state index contributed by atoms with van der Waals surface area (Å²) in [6, 6.07) is 25.0. The largest absolute Gasteiger partial charge is 0.444 e. The Morgan fingerprint density at radius 2 is 1.74 bits per heavy atom. The Labute approximate surface area is 239 Å². The fraction of sp³-hybridized carbons (Fsp3) is 0.121. The minimum absolute atomic E-state index is 0.0595. The zero-order valence-corrected chi connectivity index (χ0v) is 22.5. The molecule has 0 aliphatic heterocycles. The molecule has 0 aliphatic carbocycles. The van der Waals surface area contributed by atoms with Crippen molar-refractivity contribution < 1.29 is 13.6 Å². The molecule has 8 nitrogen and oxygen atoms in total. The van der Waals surface area contributed by atoms with Crippen molar-refractivity contribution in [3.05, 3.63) is 120 Å². The van der Waals surface area contributed by atoms with Crippen LogP contribution in [0.25, 0.3) is 44.3 Å². The molecule has 7 rings (SSSR count). The molecule has 42 heavy (non-hydrogen) atoms. The first-order chi connectivity index (χ1) is 20.6. The van der Waals surface area contributed by atoms with Crippen LogP contribution in [-0.2, 0) is 19.4 Å². The normalized spacial score (nSPS) is 11.5. The van der Waals surface area contributed by atoms with E-state index in [1.54, 1.807) is 0 Å². The number of aryl methyl sites for hydroxylation is 2. The molecule has 9 heteroatoms. The third-order valence-corrected chi connectivity index (χ3v) is 7.25. The number of pyridine rings is 2. The third-order valence-electron chi connectivity index (χ3n) is 7.25. The Morgan fingerprint density at radius 1 is 0.881 bits per heavy atom. The Balaban J connectivity index is 1.17. The predicted octanol–water partition coefficient (Wildman–Crippen LogP) is 6.56. The molecule has 2 N–H and O–H groups in total. The van der Waals surface area contributed by atoms with Crippen LogP contribution in [0.4, 0.5) is 4.39 Å². The van der Waals surface area contributed by atoms with Gasteiger partial charge in [-0.3, -0.25) is 9.78 Å². The highest BCUT2D eigenvalue weighted by molar-refractivity contribution is 5.96. The van der Waals surface area contributed by atoms with Gasteiger partial charge >= 0.3 is 0 Å². The van der Waals surface area contributed by atoms with E-state index in [4.69, 9.17) is 14.4 Å². The maximum Gasteiger partial charge on any atom is 0.273 e. The molecule has 4 aromatic heterocycles. The van der Waals surface area contributed by atoms with Crippen LogP contribution in [0.2, 0.25) is 0 Å². The van der Waals surface area contributed by atoms with E-state index < -0.39 is 11.7 Å². The lowest BCUT2D eigenvalue weighted by atomic mass is 9.98. The summed E-state index contributed by atoms with van der Waals surface area (Å²) >= 11 is 0. The first-order valence-corrected chi connectivity index (χ1v) is 13.7. The Bertz CT molecular complexity index is 2050. The molecule has 3 aromatic carbocycles. The summed E-state index contributed by atoms with van der Waals surface area (Å²) in [6.07, 6.45) is 5.23. The molecule has 0 radical (unpaired) electrons. The van der Waals surface area contributed by atoms with E-state index in [0.717, 1.165) is 69.1 Å². The van der Waals surface area contributed by atoms with Crippen molar-refractivity contribution >= 4 is 38.7 Å². The number of benzene rings is 3. The molecule has 0 fully saturated rings. The first kappa shape index (κ1) is 25.5. The quantitative estimate of drug-likeness (QED) is 0.205. The van der Waals surface area contributed by atoms with E-state index in [9.17, 15) is 9.18 Å². The van der Waals surface area contributed by atoms with Gasteiger partial charge in [-0.25, -0.2) is 19.3 Å². The number of nitrogens with one attached hydrogen (secondary N) is 2. The minimum Gasteiger partial charge on any atom is -0.444 e. The molecule has 4 heterocycles. The number of fused-ring (bicyclic) bond motifs is 3. The van der Waals surface area contributed by atoms with Gasteiger partial charge in [0.15, 0.2) is 5.69 Å². The molecule has 0 bridgehead atoms. The van der Waals surface area contributed by atoms with Crippen LogP contribution in [0.15, 0.2) is 95.7 Å². The van der Waals surface area contributed by atoms with E-state index in [2.05, 4.69) is 32.4 Å². The van der Waals surface area contributed by atoms with Gasteiger partial charge in [-0.1, -0.05) is 30.3 Å². The molecule has 206 valence electrons. The molecule has 0 spiro atoms. The van der Waals surface area contributed by atoms with Gasteiger partial charge in [0.25, 0.3) is 5.91 Å². The van der Waals surface area contributed by atoms with Crippen LogP contribution < -0.4 is 5.32 Å². The number of nitrogens with zero attached hydrogens (tertiary/aromatic N) is 4. The van der Waals surface area contributed by atoms with Crippen molar-refractivity contribution in [3.8, 4) is 11.5 Å². The van der Waals surface area contributed by atoms with Crippen LogP contribution in [0.3, 0.4) is 0 Å². The van der Waals surface area contributed by atoms with Gasteiger partial charge in [-0.15, -0.1) is 0 Å². The first-order valence-electron chi connectivity index (χ1n) is 13.7. The van der Waals surface area contributed by atoms with E-state index in [1.165, 1.54) is 24.6 Å². The fourth-order valence-electron chi connectivity index (χ4n) is 5.17. The lowest BCUT2D eigenvalue weighted by molar-refractivity contribution is 0.0945. The molecule has 0 unspecified atom stereocenters. The second-order valence-electron chi connectivity index (χ2n) is 10.1. The second-order valence-corrected chi connectivity index (χ2v) is 10.1. The number of imidazole rings is 1. The number of aromatic nitrogens is 5. The molecular formula is C33H25FN6O2. The van der Waals surface area contributed by atoms with Gasteiger partial charge in [0.05, 0.1) is 34.3 Å². The van der Waals surface area contributed by atoms with Crippen molar-refractivity contribution in [3.63, 3.8) is 0 Å². The summed E-state index contributed by atoms with van der Waals surface area (Å²) in [4.78, 5) is 34.2. The fourth-order valence-corrected chi connectivity index (χ4v) is 5.17. The predicted molar refractivity (Wildman–Crippen MR) is 158 cm³/mol. The van der Waals surface area contributed by atoms with E-state index in [0.29, 0.717) is 5.89 Å². The number of hydrogen-bond donors (Lipinski definition) is 2. The zero-order chi connectivity index (χ0) is 28.5. The van der Waals surface area contributed by atoms with Crippen LogP contribution >= 0.6 is 0 Å².